The molecule has 5 heteroatoms. The molecule has 0 saturated carbocycles. The molecule has 0 saturated heterocycles. The number of para-hydroxylation sites is 1. The van der Waals surface area contributed by atoms with E-state index in [1.54, 1.807) is 12.1 Å². The third-order valence-corrected chi connectivity index (χ3v) is 3.59. The second-order valence-corrected chi connectivity index (χ2v) is 4.98. The van der Waals surface area contributed by atoms with Crippen molar-refractivity contribution in [1.29, 1.82) is 0 Å². The van der Waals surface area contributed by atoms with Crippen molar-refractivity contribution in [3.8, 4) is 5.75 Å². The smallest absolute Gasteiger partial charge is 0.373 e. The van der Waals surface area contributed by atoms with E-state index >= 15 is 0 Å². The summed E-state index contributed by atoms with van der Waals surface area (Å²) in [5.41, 5.74) is 1.14. The Kier molecular flexibility index (Phi) is 3.66. The molecule has 21 heavy (non-hydrogen) atoms. The number of hydrogen-bond acceptors (Lipinski definition) is 5. The Morgan fingerprint density at radius 1 is 1.33 bits per heavy atom. The number of methoxy groups -OCH3 is 1. The van der Waals surface area contributed by atoms with Crippen molar-refractivity contribution in [3.05, 3.63) is 53.5 Å². The van der Waals surface area contributed by atoms with Crippen LogP contribution in [0.3, 0.4) is 0 Å². The van der Waals surface area contributed by atoms with E-state index in [1.807, 2.05) is 25.1 Å². The molecule has 0 amide bonds. The normalized spacial score (nSPS) is 17.9. The number of furan rings is 1. The largest absolute Gasteiger partial charge is 0.491 e. The van der Waals surface area contributed by atoms with Gasteiger partial charge in [-0.1, -0.05) is 18.2 Å². The van der Waals surface area contributed by atoms with Gasteiger partial charge in [-0.2, -0.15) is 0 Å². The van der Waals surface area contributed by atoms with Gasteiger partial charge in [0.15, 0.2) is 0 Å². The van der Waals surface area contributed by atoms with E-state index in [-0.39, 0.29) is 17.8 Å². The number of rotatable bonds is 4. The standard InChI is InChI=1S/C16H17NO4/c1-10(13-7-8-15(21-13)16(18)19-2)17-12-9-20-14-6-4-3-5-11(12)14/h3-8,10,12,17H,9H2,1-2H3. The topological polar surface area (TPSA) is 60.7 Å². The van der Waals surface area contributed by atoms with Crippen LogP contribution >= 0.6 is 0 Å². The fourth-order valence-electron chi connectivity index (χ4n) is 2.48. The molecule has 0 spiro atoms. The number of benzene rings is 1. The minimum absolute atomic E-state index is 0.0387. The van der Waals surface area contributed by atoms with Gasteiger partial charge in [0, 0.05) is 5.56 Å². The Hall–Kier alpha value is -2.27. The monoisotopic (exact) mass is 287 g/mol. The second kappa shape index (κ2) is 5.61. The van der Waals surface area contributed by atoms with E-state index in [0.717, 1.165) is 11.3 Å². The number of nitrogens with one attached hydrogen (secondary N) is 1. The van der Waals surface area contributed by atoms with Gasteiger partial charge in [0.2, 0.25) is 5.76 Å². The van der Waals surface area contributed by atoms with Crippen molar-refractivity contribution in [1.82, 2.24) is 5.32 Å². The van der Waals surface area contributed by atoms with E-state index in [0.29, 0.717) is 12.4 Å². The van der Waals surface area contributed by atoms with Crippen LogP contribution in [0.25, 0.3) is 0 Å². The summed E-state index contributed by atoms with van der Waals surface area (Å²) in [6.07, 6.45) is 0. The summed E-state index contributed by atoms with van der Waals surface area (Å²) >= 11 is 0. The van der Waals surface area contributed by atoms with Crippen molar-refractivity contribution in [2.75, 3.05) is 13.7 Å². The first-order valence-electron chi connectivity index (χ1n) is 6.85. The molecule has 0 aliphatic carbocycles. The predicted octanol–water partition coefficient (Wildman–Crippen LogP) is 2.85. The lowest BCUT2D eigenvalue weighted by Gasteiger charge is -2.16. The molecule has 5 nitrogen and oxygen atoms in total. The lowest BCUT2D eigenvalue weighted by molar-refractivity contribution is 0.0562. The maximum absolute atomic E-state index is 11.4. The minimum atomic E-state index is -0.469. The number of hydrogen-bond donors (Lipinski definition) is 1. The van der Waals surface area contributed by atoms with Crippen LogP contribution in [0.1, 0.15) is 40.9 Å². The summed E-state index contributed by atoms with van der Waals surface area (Å²) in [4.78, 5) is 11.4. The molecule has 1 aromatic carbocycles. The molecule has 2 aromatic rings. The zero-order valence-electron chi connectivity index (χ0n) is 12.0. The van der Waals surface area contributed by atoms with Gasteiger partial charge >= 0.3 is 5.97 Å². The molecule has 0 radical (unpaired) electrons. The van der Waals surface area contributed by atoms with Crippen LogP contribution < -0.4 is 10.1 Å². The van der Waals surface area contributed by atoms with Crippen molar-refractivity contribution in [3.63, 3.8) is 0 Å². The molecule has 3 rings (SSSR count). The Morgan fingerprint density at radius 3 is 2.95 bits per heavy atom. The fourth-order valence-corrected chi connectivity index (χ4v) is 2.48. The summed E-state index contributed by atoms with van der Waals surface area (Å²) < 4.78 is 15.8. The van der Waals surface area contributed by atoms with Crippen LogP contribution in [0, 0.1) is 0 Å². The van der Waals surface area contributed by atoms with E-state index in [2.05, 4.69) is 16.1 Å². The zero-order valence-corrected chi connectivity index (χ0v) is 12.0. The summed E-state index contributed by atoms with van der Waals surface area (Å²) in [6.45, 7) is 2.58. The Bertz CT molecular complexity index is 649. The van der Waals surface area contributed by atoms with Crippen LogP contribution in [0.5, 0.6) is 5.75 Å². The maximum atomic E-state index is 11.4. The molecule has 2 heterocycles. The molecule has 2 atom stereocenters. The van der Waals surface area contributed by atoms with Crippen LogP contribution in [0.4, 0.5) is 0 Å². The Labute approximate surface area is 122 Å². The first-order chi connectivity index (χ1) is 10.2. The highest BCUT2D eigenvalue weighted by molar-refractivity contribution is 5.86. The van der Waals surface area contributed by atoms with E-state index < -0.39 is 5.97 Å². The molecule has 110 valence electrons. The molecule has 0 bridgehead atoms. The van der Waals surface area contributed by atoms with Crippen LogP contribution in [-0.4, -0.2) is 19.7 Å². The highest BCUT2D eigenvalue weighted by Crippen LogP contribution is 2.33. The maximum Gasteiger partial charge on any atom is 0.373 e. The number of esters is 1. The molecule has 1 aliphatic rings. The summed E-state index contributed by atoms with van der Waals surface area (Å²) in [7, 11) is 1.33. The van der Waals surface area contributed by atoms with Gasteiger partial charge in [0.1, 0.15) is 18.1 Å². The average Bonchev–Trinajstić information content (AvgIpc) is 3.14. The van der Waals surface area contributed by atoms with Crippen molar-refractivity contribution in [2.45, 2.75) is 19.0 Å². The molecule has 1 aliphatic heterocycles. The average molecular weight is 287 g/mol. The van der Waals surface area contributed by atoms with Gasteiger partial charge < -0.3 is 13.9 Å². The van der Waals surface area contributed by atoms with Crippen LogP contribution in [0.2, 0.25) is 0 Å². The Balaban J connectivity index is 1.71. The van der Waals surface area contributed by atoms with E-state index in [1.165, 1.54) is 7.11 Å². The zero-order chi connectivity index (χ0) is 14.8. The van der Waals surface area contributed by atoms with Gasteiger partial charge in [0.05, 0.1) is 19.2 Å². The van der Waals surface area contributed by atoms with E-state index in [4.69, 9.17) is 9.15 Å². The number of ether oxygens (including phenoxy) is 2. The number of carbonyl (C=O) groups excluding carboxylic acids is 1. The molecule has 1 aromatic heterocycles. The summed E-state index contributed by atoms with van der Waals surface area (Å²) in [5.74, 6) is 1.35. The lowest BCUT2D eigenvalue weighted by atomic mass is 10.1. The van der Waals surface area contributed by atoms with Gasteiger partial charge in [-0.25, -0.2) is 4.79 Å². The van der Waals surface area contributed by atoms with Crippen molar-refractivity contribution >= 4 is 5.97 Å². The third-order valence-electron chi connectivity index (χ3n) is 3.59. The predicted molar refractivity (Wildman–Crippen MR) is 76.3 cm³/mol. The minimum Gasteiger partial charge on any atom is -0.491 e. The SMILES string of the molecule is COC(=O)c1ccc(C(C)NC2COc3ccccc32)o1. The lowest BCUT2D eigenvalue weighted by Crippen LogP contribution is -2.25. The first-order valence-corrected chi connectivity index (χ1v) is 6.85. The quantitative estimate of drug-likeness (QED) is 0.876. The van der Waals surface area contributed by atoms with E-state index in [9.17, 15) is 4.79 Å². The Morgan fingerprint density at radius 2 is 2.14 bits per heavy atom. The van der Waals surface area contributed by atoms with Crippen molar-refractivity contribution in [2.24, 2.45) is 0 Å². The number of carbonyl (C=O) groups is 1. The highest BCUT2D eigenvalue weighted by atomic mass is 16.5. The summed E-state index contributed by atoms with van der Waals surface area (Å²) in [6, 6.07) is 11.4. The number of fused-ring (bicyclic) bond motifs is 1. The fraction of sp³-hybridized carbons (Fsp3) is 0.312. The molecule has 0 fully saturated rings. The van der Waals surface area contributed by atoms with Gasteiger partial charge in [-0.15, -0.1) is 0 Å². The summed E-state index contributed by atoms with van der Waals surface area (Å²) in [5, 5.41) is 3.45. The van der Waals surface area contributed by atoms with Gasteiger partial charge in [-0.3, -0.25) is 5.32 Å². The van der Waals surface area contributed by atoms with Gasteiger partial charge in [-0.05, 0) is 25.1 Å². The molecular weight excluding hydrogens is 270 g/mol. The van der Waals surface area contributed by atoms with Crippen LogP contribution in [-0.2, 0) is 4.74 Å². The molecule has 1 N–H and O–H groups in total. The third kappa shape index (κ3) is 2.64. The van der Waals surface area contributed by atoms with Crippen molar-refractivity contribution < 1.29 is 18.7 Å². The second-order valence-electron chi connectivity index (χ2n) is 4.98. The van der Waals surface area contributed by atoms with Gasteiger partial charge in [0.25, 0.3) is 0 Å². The first kappa shape index (κ1) is 13.7. The molecular formula is C16H17NO4. The highest BCUT2D eigenvalue weighted by Gasteiger charge is 2.26. The molecule has 2 unspecified atom stereocenters. The van der Waals surface area contributed by atoms with Crippen LogP contribution in [0.15, 0.2) is 40.8 Å².